The Hall–Kier alpha value is -0.730. The fourth-order valence-electron chi connectivity index (χ4n) is 1.85. The maximum absolute atomic E-state index is 6.06. The van der Waals surface area contributed by atoms with Crippen LogP contribution in [0, 0.1) is 12.8 Å². The summed E-state index contributed by atoms with van der Waals surface area (Å²) in [5.41, 5.74) is 2.25. The van der Waals surface area contributed by atoms with Gasteiger partial charge in [-0.2, -0.15) is 0 Å². The van der Waals surface area contributed by atoms with Crippen LogP contribution in [-0.2, 0) is 0 Å². The Morgan fingerprint density at radius 1 is 1.53 bits per heavy atom. The number of nitrogens with one attached hydrogen (secondary N) is 2. The number of anilines is 1. The van der Waals surface area contributed by atoms with Gasteiger partial charge in [-0.25, -0.2) is 0 Å². The molecule has 2 rings (SSSR count). The van der Waals surface area contributed by atoms with Crippen LogP contribution in [0.1, 0.15) is 12.0 Å². The molecule has 0 bridgehead atoms. The van der Waals surface area contributed by atoms with Crippen LogP contribution >= 0.6 is 11.6 Å². The minimum absolute atomic E-state index is 0.755. The number of rotatable bonds is 3. The maximum Gasteiger partial charge on any atom is 0.0455 e. The zero-order valence-electron chi connectivity index (χ0n) is 9.02. The highest BCUT2D eigenvalue weighted by Gasteiger charge is 2.13. The summed E-state index contributed by atoms with van der Waals surface area (Å²) in [6, 6.07) is 6.14. The van der Waals surface area contributed by atoms with Crippen LogP contribution in [-0.4, -0.2) is 19.6 Å². The van der Waals surface area contributed by atoms with E-state index in [-0.39, 0.29) is 0 Å². The lowest BCUT2D eigenvalue weighted by Gasteiger charge is -2.11. The highest BCUT2D eigenvalue weighted by Crippen LogP contribution is 2.20. The van der Waals surface area contributed by atoms with Gasteiger partial charge in [-0.05, 0) is 50.0 Å². The van der Waals surface area contributed by atoms with Crippen molar-refractivity contribution in [2.75, 3.05) is 25.0 Å². The minimum atomic E-state index is 0.755. The average molecular weight is 225 g/mol. The lowest BCUT2D eigenvalue weighted by molar-refractivity contribution is 0.615. The standard InChI is InChI=1S/C12H17ClN2/c1-9-2-3-11(6-12(9)13)15-8-10-4-5-14-7-10/h2-3,6,10,14-15H,4-5,7-8H2,1H3. The third-order valence-electron chi connectivity index (χ3n) is 2.93. The molecule has 1 aromatic carbocycles. The molecule has 2 N–H and O–H groups in total. The summed E-state index contributed by atoms with van der Waals surface area (Å²) in [4.78, 5) is 0. The summed E-state index contributed by atoms with van der Waals surface area (Å²) in [6.45, 7) is 5.34. The zero-order valence-corrected chi connectivity index (χ0v) is 9.77. The van der Waals surface area contributed by atoms with Crippen LogP contribution in [0.4, 0.5) is 5.69 Å². The molecule has 1 unspecified atom stereocenters. The summed E-state index contributed by atoms with van der Waals surface area (Å²) in [5.74, 6) is 0.755. The van der Waals surface area contributed by atoms with Crippen molar-refractivity contribution in [3.63, 3.8) is 0 Å². The molecule has 2 nitrogen and oxygen atoms in total. The minimum Gasteiger partial charge on any atom is -0.385 e. The second-order valence-corrected chi connectivity index (χ2v) is 4.61. The second kappa shape index (κ2) is 4.86. The molecule has 1 aliphatic rings. The molecule has 1 aromatic rings. The molecule has 0 radical (unpaired) electrons. The first-order chi connectivity index (χ1) is 7.25. The molecule has 0 amide bonds. The summed E-state index contributed by atoms with van der Waals surface area (Å²) in [7, 11) is 0. The van der Waals surface area contributed by atoms with Crippen molar-refractivity contribution < 1.29 is 0 Å². The van der Waals surface area contributed by atoms with E-state index in [0.717, 1.165) is 41.8 Å². The van der Waals surface area contributed by atoms with Gasteiger partial charge in [-0.3, -0.25) is 0 Å². The molecule has 1 saturated heterocycles. The van der Waals surface area contributed by atoms with E-state index in [1.807, 2.05) is 13.0 Å². The van der Waals surface area contributed by atoms with Crippen LogP contribution in [0.3, 0.4) is 0 Å². The van der Waals surface area contributed by atoms with Crippen molar-refractivity contribution in [1.82, 2.24) is 5.32 Å². The average Bonchev–Trinajstić information content (AvgIpc) is 2.73. The monoisotopic (exact) mass is 224 g/mol. The van der Waals surface area contributed by atoms with E-state index in [1.165, 1.54) is 6.42 Å². The molecule has 1 fully saturated rings. The van der Waals surface area contributed by atoms with Crippen molar-refractivity contribution in [2.45, 2.75) is 13.3 Å². The van der Waals surface area contributed by atoms with Gasteiger partial charge in [0.2, 0.25) is 0 Å². The van der Waals surface area contributed by atoms with Crippen LogP contribution in [0.2, 0.25) is 5.02 Å². The molecule has 3 heteroatoms. The second-order valence-electron chi connectivity index (χ2n) is 4.20. The summed E-state index contributed by atoms with van der Waals surface area (Å²) >= 11 is 6.06. The molecular formula is C12H17ClN2. The summed E-state index contributed by atoms with van der Waals surface area (Å²) in [5, 5.41) is 7.63. The molecule has 1 heterocycles. The topological polar surface area (TPSA) is 24.1 Å². The van der Waals surface area contributed by atoms with E-state index < -0.39 is 0 Å². The predicted molar refractivity (Wildman–Crippen MR) is 65.7 cm³/mol. The summed E-state index contributed by atoms with van der Waals surface area (Å²) < 4.78 is 0. The van der Waals surface area contributed by atoms with E-state index in [1.54, 1.807) is 0 Å². The first-order valence-electron chi connectivity index (χ1n) is 5.46. The Balaban J connectivity index is 1.90. The summed E-state index contributed by atoms with van der Waals surface area (Å²) in [6.07, 6.45) is 1.27. The number of hydrogen-bond acceptors (Lipinski definition) is 2. The van der Waals surface area contributed by atoms with Crippen LogP contribution in [0.25, 0.3) is 0 Å². The zero-order chi connectivity index (χ0) is 10.7. The highest BCUT2D eigenvalue weighted by molar-refractivity contribution is 6.31. The molecular weight excluding hydrogens is 208 g/mol. The van der Waals surface area contributed by atoms with Crippen LogP contribution in [0.15, 0.2) is 18.2 Å². The van der Waals surface area contributed by atoms with Gasteiger partial charge >= 0.3 is 0 Å². The normalized spacial score (nSPS) is 20.5. The van der Waals surface area contributed by atoms with Gasteiger partial charge in [0.25, 0.3) is 0 Å². The van der Waals surface area contributed by atoms with Crippen LogP contribution < -0.4 is 10.6 Å². The Bertz CT molecular complexity index is 332. The Labute approximate surface area is 96.0 Å². The molecule has 0 spiro atoms. The Morgan fingerprint density at radius 3 is 3.07 bits per heavy atom. The molecule has 0 aromatic heterocycles. The Morgan fingerprint density at radius 2 is 2.40 bits per heavy atom. The molecule has 0 saturated carbocycles. The van der Waals surface area contributed by atoms with Gasteiger partial charge in [0.05, 0.1) is 0 Å². The molecule has 15 heavy (non-hydrogen) atoms. The lowest BCUT2D eigenvalue weighted by atomic mass is 10.1. The van der Waals surface area contributed by atoms with E-state index in [2.05, 4.69) is 22.8 Å². The van der Waals surface area contributed by atoms with Gasteiger partial charge in [0.1, 0.15) is 0 Å². The van der Waals surface area contributed by atoms with Gasteiger partial charge in [-0.1, -0.05) is 17.7 Å². The number of hydrogen-bond donors (Lipinski definition) is 2. The van der Waals surface area contributed by atoms with E-state index >= 15 is 0 Å². The van der Waals surface area contributed by atoms with Crippen molar-refractivity contribution in [1.29, 1.82) is 0 Å². The van der Waals surface area contributed by atoms with E-state index in [0.29, 0.717) is 0 Å². The lowest BCUT2D eigenvalue weighted by Crippen LogP contribution is -2.17. The smallest absolute Gasteiger partial charge is 0.0455 e. The fourth-order valence-corrected chi connectivity index (χ4v) is 2.03. The van der Waals surface area contributed by atoms with Crippen molar-refractivity contribution in [2.24, 2.45) is 5.92 Å². The SMILES string of the molecule is Cc1ccc(NCC2CCNC2)cc1Cl. The number of benzene rings is 1. The van der Waals surface area contributed by atoms with Crippen molar-refractivity contribution in [3.05, 3.63) is 28.8 Å². The maximum atomic E-state index is 6.06. The largest absolute Gasteiger partial charge is 0.385 e. The first-order valence-corrected chi connectivity index (χ1v) is 5.84. The van der Waals surface area contributed by atoms with Crippen LogP contribution in [0.5, 0.6) is 0 Å². The van der Waals surface area contributed by atoms with E-state index in [4.69, 9.17) is 11.6 Å². The van der Waals surface area contributed by atoms with Crippen molar-refractivity contribution >= 4 is 17.3 Å². The number of halogens is 1. The molecule has 1 aliphatic heterocycles. The molecule has 1 atom stereocenters. The van der Waals surface area contributed by atoms with Crippen molar-refractivity contribution in [3.8, 4) is 0 Å². The van der Waals surface area contributed by atoms with Gasteiger partial charge in [0, 0.05) is 17.3 Å². The highest BCUT2D eigenvalue weighted by atomic mass is 35.5. The van der Waals surface area contributed by atoms with Gasteiger partial charge in [0.15, 0.2) is 0 Å². The third-order valence-corrected chi connectivity index (χ3v) is 3.34. The van der Waals surface area contributed by atoms with Gasteiger partial charge < -0.3 is 10.6 Å². The predicted octanol–water partition coefficient (Wildman–Crippen LogP) is 2.67. The Kier molecular flexibility index (Phi) is 3.49. The molecule has 82 valence electrons. The third kappa shape index (κ3) is 2.86. The number of aryl methyl sites for hydroxylation is 1. The first kappa shape index (κ1) is 10.8. The van der Waals surface area contributed by atoms with Gasteiger partial charge in [-0.15, -0.1) is 0 Å². The molecule has 0 aliphatic carbocycles. The van der Waals surface area contributed by atoms with E-state index in [9.17, 15) is 0 Å². The fraction of sp³-hybridized carbons (Fsp3) is 0.500. The quantitative estimate of drug-likeness (QED) is 0.825.